The van der Waals surface area contributed by atoms with Gasteiger partial charge in [0.25, 0.3) is 0 Å². The van der Waals surface area contributed by atoms with Crippen molar-refractivity contribution in [2.75, 3.05) is 6.54 Å². The molecule has 0 aliphatic rings. The number of hydrogen-bond donors (Lipinski definition) is 2. The Bertz CT molecular complexity index is 415. The molecular formula is C10H8F3NO. The van der Waals surface area contributed by atoms with E-state index in [-0.39, 0.29) is 17.9 Å². The van der Waals surface area contributed by atoms with Crippen LogP contribution in [0.25, 0.3) is 0 Å². The summed E-state index contributed by atoms with van der Waals surface area (Å²) < 4.78 is 36.8. The van der Waals surface area contributed by atoms with Crippen LogP contribution in [0.5, 0.6) is 5.75 Å². The maximum atomic E-state index is 12.3. The van der Waals surface area contributed by atoms with Gasteiger partial charge in [0, 0.05) is 0 Å². The molecule has 0 bridgehead atoms. The van der Waals surface area contributed by atoms with E-state index < -0.39 is 11.7 Å². The zero-order valence-corrected chi connectivity index (χ0v) is 7.60. The largest absolute Gasteiger partial charge is 0.507 e. The first-order valence-corrected chi connectivity index (χ1v) is 4.04. The average Bonchev–Trinajstić information content (AvgIpc) is 2.15. The summed E-state index contributed by atoms with van der Waals surface area (Å²) in [7, 11) is 0. The van der Waals surface area contributed by atoms with E-state index >= 15 is 0 Å². The van der Waals surface area contributed by atoms with Gasteiger partial charge < -0.3 is 10.8 Å². The van der Waals surface area contributed by atoms with Gasteiger partial charge in [-0.2, -0.15) is 13.2 Å². The number of benzene rings is 1. The van der Waals surface area contributed by atoms with E-state index in [1.165, 1.54) is 0 Å². The Labute approximate surface area is 84.5 Å². The third-order valence-corrected chi connectivity index (χ3v) is 1.65. The number of rotatable bonds is 0. The molecule has 0 radical (unpaired) electrons. The second kappa shape index (κ2) is 4.24. The van der Waals surface area contributed by atoms with Crippen LogP contribution in [-0.2, 0) is 6.18 Å². The van der Waals surface area contributed by atoms with Crippen molar-refractivity contribution in [3.8, 4) is 17.6 Å². The molecule has 0 atom stereocenters. The lowest BCUT2D eigenvalue weighted by atomic mass is 10.1. The van der Waals surface area contributed by atoms with Gasteiger partial charge in [0.1, 0.15) is 5.75 Å². The highest BCUT2D eigenvalue weighted by Gasteiger charge is 2.30. The predicted molar refractivity (Wildman–Crippen MR) is 49.0 cm³/mol. The molecule has 1 aromatic carbocycles. The van der Waals surface area contributed by atoms with Crippen LogP contribution in [-0.4, -0.2) is 11.7 Å². The number of aromatic hydroxyl groups is 1. The molecule has 0 heterocycles. The highest BCUT2D eigenvalue weighted by atomic mass is 19.4. The summed E-state index contributed by atoms with van der Waals surface area (Å²) in [5, 5.41) is 9.22. The molecule has 5 heteroatoms. The fourth-order valence-electron chi connectivity index (χ4n) is 0.959. The van der Waals surface area contributed by atoms with Crippen molar-refractivity contribution in [2.24, 2.45) is 5.73 Å². The normalized spacial score (nSPS) is 10.7. The van der Waals surface area contributed by atoms with Crippen molar-refractivity contribution in [3.05, 3.63) is 29.3 Å². The van der Waals surface area contributed by atoms with E-state index in [1.807, 2.05) is 0 Å². The Balaban J connectivity index is 3.17. The molecule has 1 rings (SSSR count). The van der Waals surface area contributed by atoms with Gasteiger partial charge in [-0.1, -0.05) is 11.8 Å². The highest BCUT2D eigenvalue weighted by molar-refractivity contribution is 5.48. The quantitative estimate of drug-likeness (QED) is 0.647. The molecular weight excluding hydrogens is 207 g/mol. The molecule has 0 aromatic heterocycles. The molecule has 3 N–H and O–H groups in total. The lowest BCUT2D eigenvalue weighted by molar-refractivity contribution is -0.137. The number of phenols is 1. The molecule has 15 heavy (non-hydrogen) atoms. The summed E-state index contributed by atoms with van der Waals surface area (Å²) in [6.45, 7) is 0.0235. The van der Waals surface area contributed by atoms with Crippen LogP contribution in [0.15, 0.2) is 18.2 Å². The van der Waals surface area contributed by atoms with Crippen molar-refractivity contribution in [3.63, 3.8) is 0 Å². The summed E-state index contributed by atoms with van der Waals surface area (Å²) in [6, 6.07) is 2.55. The number of nitrogens with two attached hydrogens (primary N) is 1. The standard InChI is InChI=1S/C10H8F3NO/c11-10(12,13)8-3-4-9(15)7(6-8)2-1-5-14/h3-4,6,15H,5,14H2. The van der Waals surface area contributed by atoms with Crippen molar-refractivity contribution in [1.82, 2.24) is 0 Å². The van der Waals surface area contributed by atoms with Gasteiger partial charge in [0.2, 0.25) is 0 Å². The number of alkyl halides is 3. The van der Waals surface area contributed by atoms with Crippen molar-refractivity contribution >= 4 is 0 Å². The Morgan fingerprint density at radius 1 is 1.33 bits per heavy atom. The zero-order valence-electron chi connectivity index (χ0n) is 7.60. The predicted octanol–water partition coefficient (Wildman–Crippen LogP) is 1.72. The first-order valence-electron chi connectivity index (χ1n) is 4.04. The zero-order chi connectivity index (χ0) is 11.5. The number of phenolic OH excluding ortho intramolecular Hbond substituents is 1. The molecule has 80 valence electrons. The van der Waals surface area contributed by atoms with E-state index in [0.29, 0.717) is 0 Å². The van der Waals surface area contributed by atoms with Gasteiger partial charge >= 0.3 is 6.18 Å². The summed E-state index contributed by atoms with van der Waals surface area (Å²) in [5.74, 6) is 4.45. The second-order valence-electron chi connectivity index (χ2n) is 2.74. The molecule has 0 saturated heterocycles. The highest BCUT2D eigenvalue weighted by Crippen LogP contribution is 2.31. The Morgan fingerprint density at radius 2 is 2.00 bits per heavy atom. The van der Waals surface area contributed by atoms with Crippen molar-refractivity contribution in [1.29, 1.82) is 0 Å². The Morgan fingerprint density at radius 3 is 2.53 bits per heavy atom. The van der Waals surface area contributed by atoms with E-state index in [4.69, 9.17) is 5.73 Å². The topological polar surface area (TPSA) is 46.2 Å². The van der Waals surface area contributed by atoms with E-state index in [9.17, 15) is 18.3 Å². The van der Waals surface area contributed by atoms with Crippen LogP contribution in [0.2, 0.25) is 0 Å². The Hall–Kier alpha value is -1.67. The third kappa shape index (κ3) is 2.89. The third-order valence-electron chi connectivity index (χ3n) is 1.65. The minimum atomic E-state index is -4.44. The monoisotopic (exact) mass is 215 g/mol. The molecule has 0 amide bonds. The molecule has 0 aliphatic carbocycles. The molecule has 2 nitrogen and oxygen atoms in total. The average molecular weight is 215 g/mol. The first kappa shape index (κ1) is 11.4. The minimum absolute atomic E-state index is 0.0235. The lowest BCUT2D eigenvalue weighted by Gasteiger charge is -2.07. The van der Waals surface area contributed by atoms with Crippen LogP contribution in [0.4, 0.5) is 13.2 Å². The maximum Gasteiger partial charge on any atom is 0.416 e. The van der Waals surface area contributed by atoms with Crippen molar-refractivity contribution < 1.29 is 18.3 Å². The fourth-order valence-corrected chi connectivity index (χ4v) is 0.959. The SMILES string of the molecule is NCC#Cc1cc(C(F)(F)F)ccc1O. The molecule has 0 spiro atoms. The van der Waals surface area contributed by atoms with Gasteiger partial charge in [-0.05, 0) is 18.2 Å². The minimum Gasteiger partial charge on any atom is -0.507 e. The van der Waals surface area contributed by atoms with E-state index in [1.54, 1.807) is 0 Å². The van der Waals surface area contributed by atoms with Crippen molar-refractivity contribution in [2.45, 2.75) is 6.18 Å². The molecule has 0 aliphatic heterocycles. The van der Waals surface area contributed by atoms with Crippen LogP contribution in [0.3, 0.4) is 0 Å². The Kier molecular flexibility index (Phi) is 3.22. The van der Waals surface area contributed by atoms with Crippen LogP contribution in [0, 0.1) is 11.8 Å². The molecule has 0 fully saturated rings. The van der Waals surface area contributed by atoms with Crippen LogP contribution in [0.1, 0.15) is 11.1 Å². The number of halogens is 3. The van der Waals surface area contributed by atoms with Crippen LogP contribution < -0.4 is 5.73 Å². The summed E-state index contributed by atoms with van der Waals surface area (Å²) >= 11 is 0. The second-order valence-corrected chi connectivity index (χ2v) is 2.74. The van der Waals surface area contributed by atoms with Gasteiger partial charge in [0.05, 0.1) is 17.7 Å². The fraction of sp³-hybridized carbons (Fsp3) is 0.200. The summed E-state index contributed by atoms with van der Waals surface area (Å²) in [5.41, 5.74) is 4.15. The van der Waals surface area contributed by atoms with Gasteiger partial charge in [0.15, 0.2) is 0 Å². The number of hydrogen-bond acceptors (Lipinski definition) is 2. The molecule has 1 aromatic rings. The van der Waals surface area contributed by atoms with Crippen LogP contribution >= 0.6 is 0 Å². The van der Waals surface area contributed by atoms with E-state index in [2.05, 4.69) is 11.8 Å². The lowest BCUT2D eigenvalue weighted by Crippen LogP contribution is -2.04. The molecule has 0 saturated carbocycles. The van der Waals surface area contributed by atoms with Gasteiger partial charge in [-0.3, -0.25) is 0 Å². The van der Waals surface area contributed by atoms with Gasteiger partial charge in [-0.15, -0.1) is 0 Å². The molecule has 0 unspecified atom stereocenters. The smallest absolute Gasteiger partial charge is 0.416 e. The van der Waals surface area contributed by atoms with Gasteiger partial charge in [-0.25, -0.2) is 0 Å². The first-order chi connectivity index (χ1) is 6.95. The van der Waals surface area contributed by atoms with E-state index in [0.717, 1.165) is 18.2 Å². The summed E-state index contributed by atoms with van der Waals surface area (Å²) in [4.78, 5) is 0. The summed E-state index contributed by atoms with van der Waals surface area (Å²) in [6.07, 6.45) is -4.44. The maximum absolute atomic E-state index is 12.3.